The van der Waals surface area contributed by atoms with Gasteiger partial charge < -0.3 is 5.73 Å². The summed E-state index contributed by atoms with van der Waals surface area (Å²) in [5, 5.41) is 2.66. The lowest BCUT2D eigenvalue weighted by Crippen LogP contribution is -2.02. The van der Waals surface area contributed by atoms with Crippen LogP contribution in [-0.2, 0) is 0 Å². The number of anilines is 1. The Morgan fingerprint density at radius 2 is 2.31 bits per heavy atom. The predicted octanol–water partition coefficient (Wildman–Crippen LogP) is 3.05. The van der Waals surface area contributed by atoms with Gasteiger partial charge in [-0.05, 0) is 30.2 Å². The van der Waals surface area contributed by atoms with Gasteiger partial charge in [0.1, 0.15) is 0 Å². The molecule has 2 N–H and O–H groups in total. The Labute approximate surface area is 82.8 Å². The normalized spacial score (nSPS) is 12.8. The molecule has 1 aromatic rings. The molecule has 13 heavy (non-hydrogen) atoms. The van der Waals surface area contributed by atoms with E-state index in [1.54, 1.807) is 6.92 Å². The Balaban J connectivity index is 3.14. The van der Waals surface area contributed by atoms with Gasteiger partial charge in [-0.1, -0.05) is 13.8 Å². The molecule has 0 spiro atoms. The number of nitrogen functional groups attached to an aromatic ring is 1. The van der Waals surface area contributed by atoms with E-state index in [0.717, 1.165) is 17.5 Å². The van der Waals surface area contributed by atoms with Gasteiger partial charge in [-0.25, -0.2) is 0 Å². The quantitative estimate of drug-likeness (QED) is 0.757. The summed E-state index contributed by atoms with van der Waals surface area (Å²) in [7, 11) is 0. The molecule has 0 aliphatic carbocycles. The maximum Gasteiger partial charge on any atom is 0.163 e. The van der Waals surface area contributed by atoms with E-state index in [0.29, 0.717) is 10.9 Å². The van der Waals surface area contributed by atoms with Gasteiger partial charge in [0, 0.05) is 0 Å². The highest BCUT2D eigenvalue weighted by molar-refractivity contribution is 7.14. The van der Waals surface area contributed by atoms with Gasteiger partial charge in [0.05, 0.1) is 10.6 Å². The Hall–Kier alpha value is -0.830. The van der Waals surface area contributed by atoms with E-state index in [9.17, 15) is 4.79 Å². The van der Waals surface area contributed by atoms with E-state index >= 15 is 0 Å². The van der Waals surface area contributed by atoms with Crippen LogP contribution in [0.25, 0.3) is 0 Å². The highest BCUT2D eigenvalue weighted by Crippen LogP contribution is 2.32. The van der Waals surface area contributed by atoms with Crippen molar-refractivity contribution in [3.05, 3.63) is 16.5 Å². The predicted molar refractivity (Wildman–Crippen MR) is 57.4 cm³/mol. The van der Waals surface area contributed by atoms with E-state index in [2.05, 4.69) is 13.8 Å². The minimum atomic E-state index is 0.0778. The van der Waals surface area contributed by atoms with Crippen molar-refractivity contribution in [3.8, 4) is 0 Å². The molecule has 1 heterocycles. The molecule has 1 rings (SSSR count). The molecule has 2 nitrogen and oxygen atoms in total. The van der Waals surface area contributed by atoms with Crippen LogP contribution >= 0.6 is 11.3 Å². The molecule has 0 amide bonds. The first kappa shape index (κ1) is 10.3. The zero-order chi connectivity index (χ0) is 10.0. The second-order valence-corrected chi connectivity index (χ2v) is 4.21. The summed E-state index contributed by atoms with van der Waals surface area (Å²) >= 11 is 1.46. The molecule has 0 saturated carbocycles. The fourth-order valence-corrected chi connectivity index (χ4v) is 2.33. The highest BCUT2D eigenvalue weighted by atomic mass is 32.1. The number of hydrogen-bond donors (Lipinski definition) is 1. The lowest BCUT2D eigenvalue weighted by Gasteiger charge is -2.08. The van der Waals surface area contributed by atoms with Gasteiger partial charge in [0.15, 0.2) is 5.78 Å². The van der Waals surface area contributed by atoms with Crippen LogP contribution in [0.3, 0.4) is 0 Å². The number of carbonyl (C=O) groups is 1. The summed E-state index contributed by atoms with van der Waals surface area (Å²) in [6.45, 7) is 5.81. The number of Topliss-reactive ketones (excluding diaryl/α,β-unsaturated/α-hetero) is 1. The van der Waals surface area contributed by atoms with Crippen LogP contribution in [-0.4, -0.2) is 5.78 Å². The van der Waals surface area contributed by atoms with Crippen LogP contribution in [0.5, 0.6) is 0 Å². The first-order chi connectivity index (χ1) is 6.07. The second-order valence-electron chi connectivity index (χ2n) is 3.30. The van der Waals surface area contributed by atoms with Crippen molar-refractivity contribution in [2.45, 2.75) is 33.1 Å². The molecule has 1 unspecified atom stereocenters. The van der Waals surface area contributed by atoms with E-state index in [-0.39, 0.29) is 5.78 Å². The van der Waals surface area contributed by atoms with Crippen LogP contribution in [0.15, 0.2) is 5.38 Å². The van der Waals surface area contributed by atoms with Gasteiger partial charge in [-0.3, -0.25) is 4.79 Å². The van der Waals surface area contributed by atoms with Crippen LogP contribution in [0, 0.1) is 0 Å². The molecule has 0 aromatic carbocycles. The molecule has 0 fully saturated rings. The Morgan fingerprint density at radius 1 is 1.69 bits per heavy atom. The fraction of sp³-hybridized carbons (Fsp3) is 0.500. The first-order valence-corrected chi connectivity index (χ1v) is 5.33. The topological polar surface area (TPSA) is 43.1 Å². The molecule has 0 aliphatic heterocycles. The van der Waals surface area contributed by atoms with Gasteiger partial charge in [-0.2, -0.15) is 0 Å². The number of rotatable bonds is 3. The average Bonchev–Trinajstić information content (AvgIpc) is 2.45. The minimum absolute atomic E-state index is 0.0778. The van der Waals surface area contributed by atoms with Crippen molar-refractivity contribution < 1.29 is 4.79 Å². The van der Waals surface area contributed by atoms with Gasteiger partial charge >= 0.3 is 0 Å². The fourth-order valence-electron chi connectivity index (χ4n) is 1.35. The maximum absolute atomic E-state index is 11.3. The number of thiophene rings is 1. The number of nitrogens with two attached hydrogens (primary N) is 1. The molecule has 72 valence electrons. The second kappa shape index (κ2) is 3.92. The van der Waals surface area contributed by atoms with E-state index in [4.69, 9.17) is 5.73 Å². The third-order valence-electron chi connectivity index (χ3n) is 2.34. The summed E-state index contributed by atoms with van der Waals surface area (Å²) in [6.07, 6.45) is 1.04. The minimum Gasteiger partial charge on any atom is -0.390 e. The zero-order valence-corrected chi connectivity index (χ0v) is 9.07. The molecule has 1 aromatic heterocycles. The molecular formula is C10H15NOS. The van der Waals surface area contributed by atoms with E-state index in [1.807, 2.05) is 5.38 Å². The third kappa shape index (κ3) is 1.91. The van der Waals surface area contributed by atoms with Crippen molar-refractivity contribution in [1.29, 1.82) is 0 Å². The molecular weight excluding hydrogens is 182 g/mol. The van der Waals surface area contributed by atoms with Crippen molar-refractivity contribution in [1.82, 2.24) is 0 Å². The van der Waals surface area contributed by atoms with Crippen molar-refractivity contribution in [2.75, 3.05) is 5.73 Å². The van der Waals surface area contributed by atoms with Crippen LogP contribution in [0.4, 0.5) is 5.00 Å². The SMILES string of the molecule is CCC(C)c1csc(N)c1C(C)=O. The van der Waals surface area contributed by atoms with Gasteiger partial charge in [0.25, 0.3) is 0 Å². The van der Waals surface area contributed by atoms with Crippen LogP contribution < -0.4 is 5.73 Å². The highest BCUT2D eigenvalue weighted by Gasteiger charge is 2.16. The van der Waals surface area contributed by atoms with Crippen molar-refractivity contribution in [2.24, 2.45) is 0 Å². The van der Waals surface area contributed by atoms with Crippen molar-refractivity contribution in [3.63, 3.8) is 0 Å². The van der Waals surface area contributed by atoms with Gasteiger partial charge in [0.2, 0.25) is 0 Å². The summed E-state index contributed by atoms with van der Waals surface area (Å²) < 4.78 is 0. The van der Waals surface area contributed by atoms with E-state index < -0.39 is 0 Å². The standard InChI is InChI=1S/C10H15NOS/c1-4-6(2)8-5-13-10(11)9(8)7(3)12/h5-6H,4,11H2,1-3H3. The molecule has 0 saturated heterocycles. The summed E-state index contributed by atoms with van der Waals surface area (Å²) in [4.78, 5) is 11.3. The lowest BCUT2D eigenvalue weighted by atomic mass is 9.96. The zero-order valence-electron chi connectivity index (χ0n) is 8.26. The average molecular weight is 197 g/mol. The molecule has 1 atom stereocenters. The molecule has 0 bridgehead atoms. The number of hydrogen-bond acceptors (Lipinski definition) is 3. The lowest BCUT2D eigenvalue weighted by molar-refractivity contribution is 0.101. The number of ketones is 1. The molecule has 3 heteroatoms. The number of carbonyl (C=O) groups excluding carboxylic acids is 1. The molecule has 0 radical (unpaired) electrons. The Bertz CT molecular complexity index is 317. The smallest absolute Gasteiger partial charge is 0.163 e. The Morgan fingerprint density at radius 3 is 2.77 bits per heavy atom. The van der Waals surface area contributed by atoms with Gasteiger partial charge in [-0.15, -0.1) is 11.3 Å². The summed E-state index contributed by atoms with van der Waals surface area (Å²) in [5.74, 6) is 0.501. The third-order valence-corrected chi connectivity index (χ3v) is 3.17. The van der Waals surface area contributed by atoms with Crippen molar-refractivity contribution >= 4 is 22.1 Å². The Kier molecular flexibility index (Phi) is 3.09. The monoisotopic (exact) mass is 197 g/mol. The molecule has 0 aliphatic rings. The van der Waals surface area contributed by atoms with Crippen LogP contribution in [0.2, 0.25) is 0 Å². The van der Waals surface area contributed by atoms with E-state index in [1.165, 1.54) is 11.3 Å². The largest absolute Gasteiger partial charge is 0.390 e. The first-order valence-electron chi connectivity index (χ1n) is 4.45. The summed E-state index contributed by atoms with van der Waals surface area (Å²) in [5.41, 5.74) is 7.58. The summed E-state index contributed by atoms with van der Waals surface area (Å²) in [6, 6.07) is 0. The maximum atomic E-state index is 11.3. The van der Waals surface area contributed by atoms with Crippen LogP contribution in [0.1, 0.15) is 49.0 Å².